The zero-order valence-electron chi connectivity index (χ0n) is 15.5. The summed E-state index contributed by atoms with van der Waals surface area (Å²) in [5.41, 5.74) is 4.98. The molecule has 2 heterocycles. The van der Waals surface area contributed by atoms with Gasteiger partial charge in [-0.05, 0) is 48.0 Å². The lowest BCUT2D eigenvalue weighted by atomic mass is 9.91. The number of nitrogens with zero attached hydrogens (tertiary/aromatic N) is 1. The molecular weight excluding hydrogens is 412 g/mol. The van der Waals surface area contributed by atoms with Gasteiger partial charge in [-0.25, -0.2) is 8.97 Å². The van der Waals surface area contributed by atoms with Crippen LogP contribution < -0.4 is 21.9 Å². The number of ether oxygens (including phenoxy) is 2. The van der Waals surface area contributed by atoms with Gasteiger partial charge in [-0.1, -0.05) is 29.8 Å². The van der Waals surface area contributed by atoms with Crippen molar-refractivity contribution in [2.24, 2.45) is 0 Å². The molecule has 0 spiro atoms. The van der Waals surface area contributed by atoms with Crippen LogP contribution in [0.2, 0.25) is 5.02 Å². The van der Waals surface area contributed by atoms with Crippen molar-refractivity contribution in [3.63, 3.8) is 0 Å². The van der Waals surface area contributed by atoms with E-state index in [4.69, 9.17) is 21.1 Å². The fraction of sp³-hybridized carbons (Fsp3) is 0.174. The molecule has 0 atom stereocenters. The quantitative estimate of drug-likeness (QED) is 0.592. The number of halogens is 3. The standard InChI is InChI=1S/C23H18ClFNO2.ClH/c24-18-6-3-5-16(10-18)23-19-12-22-21(27-14-28-22)11-15(19)8-9-26(23)13-17-4-1-2-7-20(17)25;/h1-7,10-12H,8-9,13-14H2;1H/q+1;/p-1. The van der Waals surface area contributed by atoms with Gasteiger partial charge in [0.1, 0.15) is 12.4 Å². The molecule has 6 heteroatoms. The molecule has 29 heavy (non-hydrogen) atoms. The first-order chi connectivity index (χ1) is 13.7. The van der Waals surface area contributed by atoms with Crippen LogP contribution in [-0.4, -0.2) is 23.6 Å². The lowest BCUT2D eigenvalue weighted by Gasteiger charge is -2.20. The Hall–Kier alpha value is -2.56. The maximum Gasteiger partial charge on any atom is 0.231 e. The van der Waals surface area contributed by atoms with Crippen LogP contribution in [0.4, 0.5) is 4.39 Å². The van der Waals surface area contributed by atoms with Crippen LogP contribution in [0.5, 0.6) is 11.5 Å². The van der Waals surface area contributed by atoms with E-state index >= 15 is 0 Å². The lowest BCUT2D eigenvalue weighted by molar-refractivity contribution is -0.544. The lowest BCUT2D eigenvalue weighted by Crippen LogP contribution is -3.00. The summed E-state index contributed by atoms with van der Waals surface area (Å²) < 4.78 is 27.7. The van der Waals surface area contributed by atoms with Crippen molar-refractivity contribution >= 4 is 17.3 Å². The van der Waals surface area contributed by atoms with Crippen molar-refractivity contribution in [3.05, 3.63) is 93.8 Å². The van der Waals surface area contributed by atoms with E-state index in [9.17, 15) is 4.39 Å². The molecule has 0 N–H and O–H groups in total. The molecule has 148 valence electrons. The second-order valence-electron chi connectivity index (χ2n) is 6.98. The van der Waals surface area contributed by atoms with Gasteiger partial charge in [-0.2, -0.15) is 0 Å². The minimum Gasteiger partial charge on any atom is -1.00 e. The van der Waals surface area contributed by atoms with Crippen LogP contribution in [0.25, 0.3) is 0 Å². The summed E-state index contributed by atoms with van der Waals surface area (Å²) in [6, 6.07) is 18.8. The molecule has 5 rings (SSSR count). The van der Waals surface area contributed by atoms with E-state index in [1.54, 1.807) is 6.07 Å². The molecule has 3 nitrogen and oxygen atoms in total. The van der Waals surface area contributed by atoms with E-state index in [2.05, 4.69) is 10.6 Å². The summed E-state index contributed by atoms with van der Waals surface area (Å²) in [6.07, 6.45) is 0.852. The minimum atomic E-state index is -0.190. The fourth-order valence-electron chi connectivity index (χ4n) is 3.91. The van der Waals surface area contributed by atoms with E-state index in [0.29, 0.717) is 17.1 Å². The molecule has 0 amide bonds. The Morgan fingerprint density at radius 2 is 1.76 bits per heavy atom. The number of benzene rings is 3. The van der Waals surface area contributed by atoms with Crippen LogP contribution in [0, 0.1) is 5.82 Å². The highest BCUT2D eigenvalue weighted by atomic mass is 35.5. The third-order valence-electron chi connectivity index (χ3n) is 5.24. The molecule has 0 aliphatic carbocycles. The average Bonchev–Trinajstić information content (AvgIpc) is 3.15. The van der Waals surface area contributed by atoms with E-state index < -0.39 is 0 Å². The Kier molecular flexibility index (Phi) is 5.48. The first-order valence-electron chi connectivity index (χ1n) is 9.23. The maximum absolute atomic E-state index is 14.3. The van der Waals surface area contributed by atoms with E-state index in [1.165, 1.54) is 11.6 Å². The first-order valence-corrected chi connectivity index (χ1v) is 9.61. The molecule has 3 aromatic carbocycles. The molecule has 0 aromatic heterocycles. The smallest absolute Gasteiger partial charge is 0.231 e. The predicted molar refractivity (Wildman–Crippen MR) is 106 cm³/mol. The molecule has 0 radical (unpaired) electrons. The number of fused-ring (bicyclic) bond motifs is 2. The SMILES string of the molecule is Fc1ccccc1C[N+]1=C(c2cccc(Cl)c2)c2cc3c(cc2CC1)OCO3.[Cl-]. The van der Waals surface area contributed by atoms with Crippen molar-refractivity contribution in [2.75, 3.05) is 13.3 Å². The number of hydrogen-bond donors (Lipinski definition) is 0. The van der Waals surface area contributed by atoms with Crippen molar-refractivity contribution < 1.29 is 30.8 Å². The zero-order valence-corrected chi connectivity index (χ0v) is 17.0. The zero-order chi connectivity index (χ0) is 19.1. The Morgan fingerprint density at radius 1 is 0.966 bits per heavy atom. The molecule has 0 bridgehead atoms. The van der Waals surface area contributed by atoms with Gasteiger partial charge in [0.2, 0.25) is 12.5 Å². The Morgan fingerprint density at radius 3 is 2.55 bits per heavy atom. The minimum absolute atomic E-state index is 0. The predicted octanol–water partition coefficient (Wildman–Crippen LogP) is 1.82. The molecule has 0 saturated heterocycles. The normalized spacial score (nSPS) is 14.4. The van der Waals surface area contributed by atoms with E-state index in [1.807, 2.05) is 42.5 Å². The molecule has 0 saturated carbocycles. The van der Waals surface area contributed by atoms with Crippen molar-refractivity contribution in [2.45, 2.75) is 13.0 Å². The van der Waals surface area contributed by atoms with Gasteiger partial charge >= 0.3 is 0 Å². The Bertz CT molecular complexity index is 1110. The second kappa shape index (κ2) is 8.05. The molecule has 2 aliphatic rings. The van der Waals surface area contributed by atoms with Crippen molar-refractivity contribution in [3.8, 4) is 11.5 Å². The number of hydrogen-bond acceptors (Lipinski definition) is 2. The third kappa shape index (κ3) is 3.70. The van der Waals surface area contributed by atoms with Crippen LogP contribution in [-0.2, 0) is 13.0 Å². The summed E-state index contributed by atoms with van der Waals surface area (Å²) in [5.74, 6) is 1.34. The van der Waals surface area contributed by atoms with Gasteiger partial charge in [0.25, 0.3) is 0 Å². The van der Waals surface area contributed by atoms with Gasteiger partial charge in [0.05, 0.1) is 11.1 Å². The summed E-state index contributed by atoms with van der Waals surface area (Å²) in [4.78, 5) is 0. The van der Waals surface area contributed by atoms with Gasteiger partial charge < -0.3 is 21.9 Å². The number of rotatable bonds is 3. The largest absolute Gasteiger partial charge is 1.00 e. The van der Waals surface area contributed by atoms with Crippen LogP contribution in [0.3, 0.4) is 0 Å². The first kappa shape index (κ1) is 19.7. The highest BCUT2D eigenvalue weighted by Crippen LogP contribution is 2.37. The highest BCUT2D eigenvalue weighted by molar-refractivity contribution is 6.31. The fourth-order valence-corrected chi connectivity index (χ4v) is 4.10. The molecule has 2 aliphatic heterocycles. The molecule has 0 fully saturated rings. The topological polar surface area (TPSA) is 21.5 Å². The summed E-state index contributed by atoms with van der Waals surface area (Å²) >= 11 is 6.28. The molecule has 0 unspecified atom stereocenters. The maximum atomic E-state index is 14.3. The van der Waals surface area contributed by atoms with Crippen LogP contribution in [0.1, 0.15) is 22.3 Å². The Labute approximate surface area is 179 Å². The van der Waals surface area contributed by atoms with Gasteiger partial charge in [-0.15, -0.1) is 0 Å². The van der Waals surface area contributed by atoms with Gasteiger partial charge in [0, 0.05) is 17.0 Å². The van der Waals surface area contributed by atoms with E-state index in [-0.39, 0.29) is 25.0 Å². The highest BCUT2D eigenvalue weighted by Gasteiger charge is 2.31. The van der Waals surface area contributed by atoms with E-state index in [0.717, 1.165) is 41.3 Å². The summed E-state index contributed by atoms with van der Waals surface area (Å²) in [6.45, 7) is 1.51. The summed E-state index contributed by atoms with van der Waals surface area (Å²) in [7, 11) is 0. The Balaban J connectivity index is 0.00000205. The second-order valence-corrected chi connectivity index (χ2v) is 7.42. The van der Waals surface area contributed by atoms with Crippen LogP contribution in [0.15, 0.2) is 60.7 Å². The van der Waals surface area contributed by atoms with Crippen molar-refractivity contribution in [1.82, 2.24) is 0 Å². The molecule has 3 aromatic rings. The van der Waals surface area contributed by atoms with Gasteiger partial charge in [0.15, 0.2) is 18.0 Å². The van der Waals surface area contributed by atoms with Crippen LogP contribution >= 0.6 is 11.6 Å². The monoisotopic (exact) mass is 429 g/mol. The summed E-state index contributed by atoms with van der Waals surface area (Å²) in [5, 5.41) is 0.670. The van der Waals surface area contributed by atoms with Gasteiger partial charge in [-0.3, -0.25) is 0 Å². The van der Waals surface area contributed by atoms with Crippen molar-refractivity contribution in [1.29, 1.82) is 0 Å². The average molecular weight is 430 g/mol. The third-order valence-corrected chi connectivity index (χ3v) is 5.47. The molecular formula is C23H18Cl2FNO2.